The zero-order valence-electron chi connectivity index (χ0n) is 20.3. The molecule has 10 heteroatoms. The maximum Gasteiger partial charge on any atom is 0.264 e. The fourth-order valence-corrected chi connectivity index (χ4v) is 4.99. The van der Waals surface area contributed by atoms with E-state index < -0.39 is 10.0 Å². The quantitative estimate of drug-likeness (QED) is 0.509. The fraction of sp³-hybridized carbons (Fsp3) is 0.458. The second-order valence-electron chi connectivity index (χ2n) is 8.29. The van der Waals surface area contributed by atoms with Gasteiger partial charge in [-0.15, -0.1) is 0 Å². The van der Waals surface area contributed by atoms with Crippen LogP contribution in [0.2, 0.25) is 0 Å². The summed E-state index contributed by atoms with van der Waals surface area (Å²) < 4.78 is 37.7. The molecule has 0 bridgehead atoms. The van der Waals surface area contributed by atoms with E-state index in [0.29, 0.717) is 29.3 Å². The zero-order valence-corrected chi connectivity index (χ0v) is 21.1. The van der Waals surface area contributed by atoms with E-state index in [1.165, 1.54) is 37.7 Å². The van der Waals surface area contributed by atoms with Crippen LogP contribution in [0.4, 0.5) is 5.69 Å². The van der Waals surface area contributed by atoms with E-state index in [2.05, 4.69) is 22.2 Å². The summed E-state index contributed by atoms with van der Waals surface area (Å²) >= 11 is 0. The number of likely N-dealkylation sites (N-methyl/N-ethyl adjacent to an activating group) is 1. The molecule has 1 fully saturated rings. The summed E-state index contributed by atoms with van der Waals surface area (Å²) in [5, 5.41) is 2.94. The van der Waals surface area contributed by atoms with E-state index in [0.717, 1.165) is 39.1 Å². The van der Waals surface area contributed by atoms with Crippen LogP contribution in [-0.2, 0) is 10.0 Å². The van der Waals surface area contributed by atoms with Crippen LogP contribution in [0.25, 0.3) is 0 Å². The summed E-state index contributed by atoms with van der Waals surface area (Å²) in [6, 6.07) is 11.0. The molecule has 1 aliphatic rings. The molecule has 0 spiro atoms. The predicted octanol–water partition coefficient (Wildman–Crippen LogP) is 1.90. The van der Waals surface area contributed by atoms with Crippen LogP contribution in [0.1, 0.15) is 16.8 Å². The monoisotopic (exact) mass is 490 g/mol. The highest BCUT2D eigenvalue weighted by atomic mass is 32.2. The van der Waals surface area contributed by atoms with Crippen LogP contribution < -0.4 is 19.1 Å². The Hall–Kier alpha value is -2.82. The maximum absolute atomic E-state index is 13.1. The highest BCUT2D eigenvalue weighted by Crippen LogP contribution is 2.31. The van der Waals surface area contributed by atoms with Gasteiger partial charge in [-0.25, -0.2) is 8.42 Å². The number of sulfonamides is 1. The number of methoxy groups -OCH3 is 2. The predicted molar refractivity (Wildman–Crippen MR) is 132 cm³/mol. The molecule has 2 aromatic carbocycles. The number of carbonyl (C=O) groups excluding carboxylic acids is 1. The van der Waals surface area contributed by atoms with Gasteiger partial charge in [0, 0.05) is 51.4 Å². The van der Waals surface area contributed by atoms with Gasteiger partial charge in [0.25, 0.3) is 15.9 Å². The van der Waals surface area contributed by atoms with E-state index >= 15 is 0 Å². The smallest absolute Gasteiger partial charge is 0.264 e. The second kappa shape index (κ2) is 11.5. The summed E-state index contributed by atoms with van der Waals surface area (Å²) in [4.78, 5) is 17.3. The van der Waals surface area contributed by atoms with Crippen molar-refractivity contribution < 1.29 is 22.7 Å². The minimum absolute atomic E-state index is 0.0785. The van der Waals surface area contributed by atoms with Crippen LogP contribution in [0, 0.1) is 0 Å². The summed E-state index contributed by atoms with van der Waals surface area (Å²) in [6.45, 7) is 5.84. The molecule has 1 N–H and O–H groups in total. The maximum atomic E-state index is 13.1. The van der Waals surface area contributed by atoms with E-state index in [-0.39, 0.29) is 10.8 Å². The van der Waals surface area contributed by atoms with Gasteiger partial charge in [0.15, 0.2) is 11.5 Å². The van der Waals surface area contributed by atoms with Crippen molar-refractivity contribution in [1.29, 1.82) is 0 Å². The highest BCUT2D eigenvalue weighted by Gasteiger charge is 2.23. The lowest BCUT2D eigenvalue weighted by molar-refractivity contribution is 0.0949. The Labute approximate surface area is 202 Å². The van der Waals surface area contributed by atoms with Crippen LogP contribution in [0.5, 0.6) is 11.5 Å². The van der Waals surface area contributed by atoms with Gasteiger partial charge in [-0.1, -0.05) is 0 Å². The standard InChI is InChI=1S/C24H34N4O5S/c1-26-14-16-28(17-15-26)13-5-12-25-24(29)19-6-8-20(9-7-19)27(2)34(30,31)21-10-11-22(32-3)23(18-21)33-4/h6-11,18H,5,12-17H2,1-4H3,(H,25,29). The Bertz CT molecular complexity index is 1070. The largest absolute Gasteiger partial charge is 0.493 e. The van der Waals surface area contributed by atoms with E-state index in [1.54, 1.807) is 30.3 Å². The number of piperazine rings is 1. The van der Waals surface area contributed by atoms with Crippen molar-refractivity contribution in [1.82, 2.24) is 15.1 Å². The molecule has 186 valence electrons. The zero-order chi connectivity index (χ0) is 24.7. The summed E-state index contributed by atoms with van der Waals surface area (Å²) in [5.41, 5.74) is 0.932. The van der Waals surface area contributed by atoms with Gasteiger partial charge in [0.05, 0.1) is 24.8 Å². The average Bonchev–Trinajstić information content (AvgIpc) is 2.86. The van der Waals surface area contributed by atoms with Crippen LogP contribution in [0.3, 0.4) is 0 Å². The molecule has 0 unspecified atom stereocenters. The molecule has 0 radical (unpaired) electrons. The second-order valence-corrected chi connectivity index (χ2v) is 10.3. The van der Waals surface area contributed by atoms with Gasteiger partial charge in [0.1, 0.15) is 0 Å². The molecule has 0 aromatic heterocycles. The first-order valence-electron chi connectivity index (χ1n) is 11.3. The number of rotatable bonds is 10. The van der Waals surface area contributed by atoms with Gasteiger partial charge in [0.2, 0.25) is 0 Å². The van der Waals surface area contributed by atoms with Gasteiger partial charge in [-0.2, -0.15) is 0 Å². The van der Waals surface area contributed by atoms with Gasteiger partial charge in [-0.05, 0) is 56.4 Å². The highest BCUT2D eigenvalue weighted by molar-refractivity contribution is 7.92. The van der Waals surface area contributed by atoms with Crippen molar-refractivity contribution in [3.8, 4) is 11.5 Å². The first-order valence-corrected chi connectivity index (χ1v) is 12.7. The molecular formula is C24H34N4O5S. The number of anilines is 1. The number of benzene rings is 2. The Balaban J connectivity index is 1.57. The average molecular weight is 491 g/mol. The van der Waals surface area contributed by atoms with Crippen LogP contribution in [0.15, 0.2) is 47.4 Å². The molecular weight excluding hydrogens is 456 g/mol. The van der Waals surface area contributed by atoms with Crippen molar-refractivity contribution in [2.75, 3.05) is 71.9 Å². The molecule has 3 rings (SSSR count). The Morgan fingerprint density at radius 2 is 1.65 bits per heavy atom. The lowest BCUT2D eigenvalue weighted by atomic mass is 10.2. The lowest BCUT2D eigenvalue weighted by Crippen LogP contribution is -2.45. The van der Waals surface area contributed by atoms with Crippen molar-refractivity contribution in [3.63, 3.8) is 0 Å². The third-order valence-corrected chi connectivity index (χ3v) is 7.82. The van der Waals surface area contributed by atoms with Crippen molar-refractivity contribution >= 4 is 21.6 Å². The molecule has 9 nitrogen and oxygen atoms in total. The summed E-state index contributed by atoms with van der Waals surface area (Å²) in [7, 11) is 2.72. The number of hydrogen-bond acceptors (Lipinski definition) is 7. The van der Waals surface area contributed by atoms with Crippen molar-refractivity contribution in [2.24, 2.45) is 0 Å². The van der Waals surface area contributed by atoms with E-state index in [1.807, 2.05) is 0 Å². The van der Waals surface area contributed by atoms with E-state index in [9.17, 15) is 13.2 Å². The Morgan fingerprint density at radius 1 is 1.00 bits per heavy atom. The minimum Gasteiger partial charge on any atom is -0.493 e. The SMILES string of the molecule is COc1ccc(S(=O)(=O)N(C)c2ccc(C(=O)NCCCN3CCN(C)CC3)cc2)cc1OC. The van der Waals surface area contributed by atoms with E-state index in [4.69, 9.17) is 9.47 Å². The minimum atomic E-state index is -3.82. The number of nitrogens with one attached hydrogen (secondary N) is 1. The molecule has 1 aliphatic heterocycles. The number of nitrogens with zero attached hydrogens (tertiary/aromatic N) is 3. The first-order chi connectivity index (χ1) is 16.3. The van der Waals surface area contributed by atoms with Gasteiger partial charge in [-0.3, -0.25) is 9.10 Å². The third-order valence-electron chi connectivity index (χ3n) is 6.04. The Kier molecular flexibility index (Phi) is 8.76. The molecule has 1 amide bonds. The van der Waals surface area contributed by atoms with Crippen molar-refractivity contribution in [3.05, 3.63) is 48.0 Å². The Morgan fingerprint density at radius 3 is 2.26 bits per heavy atom. The molecule has 1 saturated heterocycles. The third kappa shape index (κ3) is 6.19. The molecule has 0 atom stereocenters. The molecule has 0 aliphatic carbocycles. The van der Waals surface area contributed by atoms with Gasteiger partial charge >= 0.3 is 0 Å². The molecule has 1 heterocycles. The lowest BCUT2D eigenvalue weighted by Gasteiger charge is -2.32. The fourth-order valence-electron chi connectivity index (χ4n) is 3.77. The van der Waals surface area contributed by atoms with Crippen LogP contribution in [-0.4, -0.2) is 91.7 Å². The molecule has 34 heavy (non-hydrogen) atoms. The summed E-state index contributed by atoms with van der Waals surface area (Å²) in [6.07, 6.45) is 0.889. The number of hydrogen-bond donors (Lipinski definition) is 1. The van der Waals surface area contributed by atoms with Crippen molar-refractivity contribution in [2.45, 2.75) is 11.3 Å². The number of ether oxygens (including phenoxy) is 2. The van der Waals surface area contributed by atoms with Crippen LogP contribution >= 0.6 is 0 Å². The van der Waals surface area contributed by atoms with Gasteiger partial charge < -0.3 is 24.6 Å². The molecule has 0 saturated carbocycles. The molecule has 2 aromatic rings. The number of carbonyl (C=O) groups is 1. The first kappa shape index (κ1) is 25.8. The summed E-state index contributed by atoms with van der Waals surface area (Å²) in [5.74, 6) is 0.606. The topological polar surface area (TPSA) is 91.4 Å². The number of amides is 1. The normalized spacial score (nSPS) is 15.1.